The van der Waals surface area contributed by atoms with E-state index in [0.717, 1.165) is 0 Å². The van der Waals surface area contributed by atoms with Crippen LogP contribution in [0.4, 0.5) is 0 Å². The van der Waals surface area contributed by atoms with Gasteiger partial charge in [-0.05, 0) is 13.8 Å². The van der Waals surface area contributed by atoms with Gasteiger partial charge in [-0.15, -0.1) is 0 Å². The Morgan fingerprint density at radius 3 is 2.10 bits per heavy atom. The Bertz CT molecular complexity index is 265. The van der Waals surface area contributed by atoms with Crippen LogP contribution >= 0.6 is 0 Å². The normalized spacial score (nSPS) is 28.0. The number of nitrogens with one attached hydrogen (secondary N) is 1. The zero-order valence-corrected chi connectivity index (χ0v) is 6.66. The summed E-state index contributed by atoms with van der Waals surface area (Å²) < 4.78 is 20.8. The van der Waals surface area contributed by atoms with Gasteiger partial charge in [0.25, 0.3) is 0 Å². The first-order chi connectivity index (χ1) is 4.38. The van der Waals surface area contributed by atoms with Crippen molar-refractivity contribution in [1.82, 2.24) is 5.32 Å². The number of sulfone groups is 1. The van der Waals surface area contributed by atoms with Crippen molar-refractivity contribution >= 4 is 15.7 Å². The van der Waals surface area contributed by atoms with Crippen LogP contribution in [-0.2, 0) is 14.6 Å². The maximum Gasteiger partial charge on any atom is 0.241 e. The second-order valence-electron chi connectivity index (χ2n) is 2.78. The molecule has 0 aliphatic carbocycles. The van der Waals surface area contributed by atoms with E-state index in [1.54, 1.807) is 0 Å². The topological polar surface area (TPSA) is 63.2 Å². The van der Waals surface area contributed by atoms with Crippen LogP contribution in [0, 0.1) is 0 Å². The summed E-state index contributed by atoms with van der Waals surface area (Å²) in [6.07, 6.45) is 0. The molecule has 4 nitrogen and oxygen atoms in total. The molecule has 1 saturated heterocycles. The van der Waals surface area contributed by atoms with Gasteiger partial charge in [0, 0.05) is 0 Å². The third kappa shape index (κ3) is 0.733. The molecule has 58 valence electrons. The van der Waals surface area contributed by atoms with Crippen LogP contribution in [0.1, 0.15) is 13.8 Å². The van der Waals surface area contributed by atoms with Crippen molar-refractivity contribution in [3.8, 4) is 0 Å². The first-order valence-corrected chi connectivity index (χ1v) is 4.54. The summed E-state index contributed by atoms with van der Waals surface area (Å²) in [7, 11) is -3.23. The summed E-state index contributed by atoms with van der Waals surface area (Å²) in [5.74, 6) is -0.633. The molecule has 0 aromatic rings. The van der Waals surface area contributed by atoms with Crippen molar-refractivity contribution in [2.75, 3.05) is 5.88 Å². The Hall–Kier alpha value is -0.580. The minimum atomic E-state index is -3.23. The van der Waals surface area contributed by atoms with E-state index in [1.165, 1.54) is 13.8 Å². The minimum Gasteiger partial charge on any atom is -0.341 e. The van der Waals surface area contributed by atoms with E-state index in [9.17, 15) is 13.2 Å². The molecule has 1 N–H and O–H groups in total. The van der Waals surface area contributed by atoms with E-state index in [0.29, 0.717) is 0 Å². The van der Waals surface area contributed by atoms with Gasteiger partial charge in [-0.1, -0.05) is 0 Å². The van der Waals surface area contributed by atoms with Gasteiger partial charge in [-0.25, -0.2) is 8.42 Å². The average molecular weight is 163 g/mol. The highest BCUT2D eigenvalue weighted by atomic mass is 32.2. The highest BCUT2D eigenvalue weighted by molar-refractivity contribution is 7.94. The van der Waals surface area contributed by atoms with Crippen LogP contribution in [-0.4, -0.2) is 24.9 Å². The molecule has 0 saturated carbocycles. The third-order valence-corrected chi connectivity index (χ3v) is 4.01. The lowest BCUT2D eigenvalue weighted by atomic mass is 10.2. The van der Waals surface area contributed by atoms with Gasteiger partial charge in [0.15, 0.2) is 9.84 Å². The lowest BCUT2D eigenvalue weighted by Gasteiger charge is -2.10. The van der Waals surface area contributed by atoms with Crippen LogP contribution in [0.3, 0.4) is 0 Å². The third-order valence-electron chi connectivity index (χ3n) is 1.75. The second-order valence-corrected chi connectivity index (χ2v) is 5.31. The van der Waals surface area contributed by atoms with Crippen molar-refractivity contribution in [2.45, 2.75) is 18.6 Å². The van der Waals surface area contributed by atoms with Crippen molar-refractivity contribution < 1.29 is 13.2 Å². The molecule has 1 aliphatic rings. The lowest BCUT2D eigenvalue weighted by molar-refractivity contribution is -0.121. The number of carbonyl (C=O) groups is 1. The van der Waals surface area contributed by atoms with E-state index >= 15 is 0 Å². The Morgan fingerprint density at radius 2 is 2.00 bits per heavy atom. The van der Waals surface area contributed by atoms with E-state index < -0.39 is 20.5 Å². The Kier molecular flexibility index (Phi) is 1.29. The summed E-state index contributed by atoms with van der Waals surface area (Å²) in [5, 5.41) is 2.27. The zero-order valence-electron chi connectivity index (χ0n) is 5.84. The standard InChI is InChI=1S/C5H9NO3S/c1-5(2)4(7)6-3-10(5,8)9/h3H2,1-2H3,(H,6,7). The van der Waals surface area contributed by atoms with Crippen LogP contribution in [0.15, 0.2) is 0 Å². The van der Waals surface area contributed by atoms with Crippen LogP contribution in [0.2, 0.25) is 0 Å². The quantitative estimate of drug-likeness (QED) is 0.512. The molecule has 0 aromatic heterocycles. The zero-order chi connectivity index (χ0) is 7.99. The van der Waals surface area contributed by atoms with Gasteiger partial charge in [-0.3, -0.25) is 4.79 Å². The molecule has 0 atom stereocenters. The Balaban J connectivity index is 3.21. The second kappa shape index (κ2) is 1.72. The van der Waals surface area contributed by atoms with Gasteiger partial charge in [-0.2, -0.15) is 0 Å². The van der Waals surface area contributed by atoms with Gasteiger partial charge < -0.3 is 5.32 Å². The van der Waals surface area contributed by atoms with Crippen molar-refractivity contribution in [3.05, 3.63) is 0 Å². The van der Waals surface area contributed by atoms with E-state index in [2.05, 4.69) is 5.32 Å². The number of hydrogen-bond acceptors (Lipinski definition) is 3. The van der Waals surface area contributed by atoms with Crippen molar-refractivity contribution in [3.63, 3.8) is 0 Å². The summed E-state index contributed by atoms with van der Waals surface area (Å²) in [4.78, 5) is 10.8. The fourth-order valence-corrected chi connectivity index (χ4v) is 1.73. The predicted molar refractivity (Wildman–Crippen MR) is 36.0 cm³/mol. The van der Waals surface area contributed by atoms with E-state index in [1.807, 2.05) is 0 Å². The van der Waals surface area contributed by atoms with Gasteiger partial charge >= 0.3 is 0 Å². The Labute approximate surface area is 59.5 Å². The van der Waals surface area contributed by atoms with Gasteiger partial charge in [0.1, 0.15) is 10.6 Å². The van der Waals surface area contributed by atoms with Crippen LogP contribution in [0.25, 0.3) is 0 Å². The first-order valence-electron chi connectivity index (χ1n) is 2.88. The van der Waals surface area contributed by atoms with Crippen LogP contribution in [0.5, 0.6) is 0 Å². The monoisotopic (exact) mass is 163 g/mol. The molecule has 10 heavy (non-hydrogen) atoms. The first kappa shape index (κ1) is 7.53. The van der Waals surface area contributed by atoms with Gasteiger partial charge in [0.2, 0.25) is 5.91 Å². The molecule has 5 heteroatoms. The van der Waals surface area contributed by atoms with Crippen LogP contribution < -0.4 is 5.32 Å². The summed E-state index contributed by atoms with van der Waals surface area (Å²) in [6.45, 7) is 2.81. The largest absolute Gasteiger partial charge is 0.341 e. The fourth-order valence-electron chi connectivity index (χ4n) is 0.695. The minimum absolute atomic E-state index is 0.223. The SMILES string of the molecule is CC1(C)C(=O)NCS1(=O)=O. The van der Waals surface area contributed by atoms with Crippen molar-refractivity contribution in [1.29, 1.82) is 0 Å². The molecule has 1 fully saturated rings. The molecular weight excluding hydrogens is 154 g/mol. The number of amides is 1. The summed E-state index contributed by atoms with van der Waals surface area (Å²) >= 11 is 0. The van der Waals surface area contributed by atoms with Gasteiger partial charge in [0.05, 0.1) is 0 Å². The number of hydrogen-bond donors (Lipinski definition) is 1. The maximum atomic E-state index is 11.0. The average Bonchev–Trinajstić information content (AvgIpc) is 1.94. The smallest absolute Gasteiger partial charge is 0.241 e. The van der Waals surface area contributed by atoms with E-state index in [4.69, 9.17) is 0 Å². The highest BCUT2D eigenvalue weighted by Crippen LogP contribution is 2.21. The molecule has 0 unspecified atom stereocenters. The molecule has 1 heterocycles. The molecule has 0 bridgehead atoms. The molecule has 1 rings (SSSR count). The molecular formula is C5H9NO3S. The van der Waals surface area contributed by atoms with E-state index in [-0.39, 0.29) is 5.88 Å². The Morgan fingerprint density at radius 1 is 1.50 bits per heavy atom. The molecule has 1 amide bonds. The number of carbonyl (C=O) groups excluding carboxylic acids is 1. The molecule has 0 spiro atoms. The predicted octanol–water partition coefficient (Wildman–Crippen LogP) is -0.733. The summed E-state index contributed by atoms with van der Waals surface area (Å²) in [5.41, 5.74) is 0. The van der Waals surface area contributed by atoms with Crippen molar-refractivity contribution in [2.24, 2.45) is 0 Å². The maximum absolute atomic E-state index is 11.0. The number of rotatable bonds is 0. The molecule has 0 aromatic carbocycles. The fraction of sp³-hybridized carbons (Fsp3) is 0.800. The lowest BCUT2D eigenvalue weighted by Crippen LogP contribution is -2.35. The summed E-state index contributed by atoms with van der Waals surface area (Å²) in [6, 6.07) is 0. The molecule has 1 aliphatic heterocycles. The molecule has 0 radical (unpaired) electrons. The highest BCUT2D eigenvalue weighted by Gasteiger charge is 2.46.